The van der Waals surface area contributed by atoms with Crippen molar-refractivity contribution >= 4 is 23.6 Å². The van der Waals surface area contributed by atoms with E-state index in [0.717, 1.165) is 67.5 Å². The zero-order chi connectivity index (χ0) is 25.4. The third-order valence-electron chi connectivity index (χ3n) is 7.17. The number of aryl methyl sites for hydroxylation is 1. The van der Waals surface area contributed by atoms with Crippen LogP contribution in [0, 0.1) is 12.7 Å². The first kappa shape index (κ1) is 24.0. The van der Waals surface area contributed by atoms with Gasteiger partial charge in [0.15, 0.2) is 0 Å². The van der Waals surface area contributed by atoms with Crippen molar-refractivity contribution in [3.8, 4) is 11.3 Å². The van der Waals surface area contributed by atoms with E-state index in [9.17, 15) is 14.3 Å². The molecule has 0 amide bonds. The summed E-state index contributed by atoms with van der Waals surface area (Å²) in [6, 6.07) is 10.6. The molecule has 1 N–H and O–H groups in total. The van der Waals surface area contributed by atoms with E-state index in [1.54, 1.807) is 18.2 Å². The van der Waals surface area contributed by atoms with E-state index in [4.69, 9.17) is 9.97 Å². The number of anilines is 3. The fraction of sp³-hybridized carbons (Fsp3) is 0.407. The van der Waals surface area contributed by atoms with Gasteiger partial charge in [-0.05, 0) is 69.5 Å². The van der Waals surface area contributed by atoms with Crippen LogP contribution in [-0.4, -0.2) is 64.3 Å². The lowest BCUT2D eigenvalue weighted by molar-refractivity contribution is 0.0696. The summed E-state index contributed by atoms with van der Waals surface area (Å²) in [4.78, 5) is 32.4. The normalized spacial score (nSPS) is 20.2. The third-order valence-corrected chi connectivity index (χ3v) is 7.17. The number of piperazine rings is 1. The van der Waals surface area contributed by atoms with Crippen LogP contribution in [0.2, 0.25) is 0 Å². The minimum Gasteiger partial charge on any atom is -0.478 e. The van der Waals surface area contributed by atoms with Crippen molar-refractivity contribution in [3.63, 3.8) is 0 Å². The molecule has 8 nitrogen and oxygen atoms in total. The lowest BCUT2D eigenvalue weighted by Gasteiger charge is -2.41. The van der Waals surface area contributed by atoms with E-state index in [-0.39, 0.29) is 17.4 Å². The number of pyridine rings is 1. The number of carbonyl (C=O) groups is 1. The highest BCUT2D eigenvalue weighted by Gasteiger charge is 2.29. The van der Waals surface area contributed by atoms with Gasteiger partial charge in [-0.25, -0.2) is 19.2 Å². The van der Waals surface area contributed by atoms with Crippen molar-refractivity contribution in [1.82, 2.24) is 15.0 Å². The Kier molecular flexibility index (Phi) is 6.47. The molecule has 188 valence electrons. The minimum atomic E-state index is -0.973. The van der Waals surface area contributed by atoms with Gasteiger partial charge in [0.1, 0.15) is 17.5 Å². The molecule has 4 heterocycles. The maximum absolute atomic E-state index is 13.6. The van der Waals surface area contributed by atoms with Crippen LogP contribution in [0.1, 0.15) is 42.6 Å². The molecule has 1 aromatic carbocycles. The molecule has 2 aliphatic heterocycles. The Balaban J connectivity index is 1.44. The van der Waals surface area contributed by atoms with Gasteiger partial charge >= 0.3 is 5.97 Å². The van der Waals surface area contributed by atoms with Crippen molar-refractivity contribution < 1.29 is 14.3 Å². The number of nitrogens with zero attached hydrogens (tertiary/aromatic N) is 6. The lowest BCUT2D eigenvalue weighted by atomic mass is 10.1. The minimum absolute atomic E-state index is 0.138. The summed E-state index contributed by atoms with van der Waals surface area (Å²) in [6.45, 7) is 9.38. The summed E-state index contributed by atoms with van der Waals surface area (Å²) < 4.78 is 13.6. The molecule has 3 aromatic rings. The van der Waals surface area contributed by atoms with Gasteiger partial charge in [0, 0.05) is 56.1 Å². The van der Waals surface area contributed by atoms with Gasteiger partial charge in [0.05, 0.1) is 11.3 Å². The molecule has 2 fully saturated rings. The van der Waals surface area contributed by atoms with Gasteiger partial charge in [0.25, 0.3) is 0 Å². The summed E-state index contributed by atoms with van der Waals surface area (Å²) in [5, 5.41) is 9.25. The first-order chi connectivity index (χ1) is 17.3. The molecule has 0 aliphatic carbocycles. The molecule has 2 saturated heterocycles. The predicted octanol–water partition coefficient (Wildman–Crippen LogP) is 4.39. The monoisotopic (exact) mass is 490 g/mol. The predicted molar refractivity (Wildman–Crippen MR) is 138 cm³/mol. The lowest BCUT2D eigenvalue weighted by Crippen LogP contribution is -2.53. The van der Waals surface area contributed by atoms with Crippen LogP contribution in [-0.2, 0) is 0 Å². The number of benzene rings is 1. The number of carboxylic acids is 1. The van der Waals surface area contributed by atoms with Crippen LogP contribution in [0.4, 0.5) is 22.0 Å². The van der Waals surface area contributed by atoms with E-state index < -0.39 is 5.97 Å². The number of carboxylic acid groups (broad SMARTS) is 1. The SMILES string of the molecule is Cc1cc(C(=O)O)cnc1N1CCN(c2cc(-c3ccc(F)cc3)nc(N3CCCC3C)n2)C(C)C1. The highest BCUT2D eigenvalue weighted by Crippen LogP contribution is 2.31. The van der Waals surface area contributed by atoms with Crippen molar-refractivity contribution in [2.45, 2.75) is 45.7 Å². The second-order valence-corrected chi connectivity index (χ2v) is 9.76. The number of hydrogen-bond acceptors (Lipinski definition) is 7. The quantitative estimate of drug-likeness (QED) is 0.564. The largest absolute Gasteiger partial charge is 0.478 e. The van der Waals surface area contributed by atoms with E-state index in [2.05, 4.69) is 33.5 Å². The van der Waals surface area contributed by atoms with Crippen LogP contribution in [0.3, 0.4) is 0 Å². The molecular formula is C27H31FN6O2. The van der Waals surface area contributed by atoms with E-state index in [0.29, 0.717) is 12.0 Å². The van der Waals surface area contributed by atoms with Crippen LogP contribution >= 0.6 is 0 Å². The van der Waals surface area contributed by atoms with Crippen molar-refractivity contribution in [2.24, 2.45) is 0 Å². The molecule has 5 rings (SSSR count). The van der Waals surface area contributed by atoms with Gasteiger partial charge in [-0.1, -0.05) is 0 Å². The number of aromatic carboxylic acids is 1. The molecule has 2 atom stereocenters. The zero-order valence-electron chi connectivity index (χ0n) is 20.9. The van der Waals surface area contributed by atoms with Crippen LogP contribution in [0.5, 0.6) is 0 Å². The highest BCUT2D eigenvalue weighted by molar-refractivity contribution is 5.87. The van der Waals surface area contributed by atoms with Gasteiger partial charge in [0.2, 0.25) is 5.95 Å². The highest BCUT2D eigenvalue weighted by atomic mass is 19.1. The topological polar surface area (TPSA) is 85.7 Å². The molecule has 2 aliphatic rings. The van der Waals surface area contributed by atoms with Crippen LogP contribution in [0.25, 0.3) is 11.3 Å². The number of aromatic nitrogens is 3. The van der Waals surface area contributed by atoms with Crippen molar-refractivity contribution in [1.29, 1.82) is 0 Å². The Morgan fingerprint density at radius 1 is 1.03 bits per heavy atom. The first-order valence-electron chi connectivity index (χ1n) is 12.4. The first-order valence-corrected chi connectivity index (χ1v) is 12.4. The fourth-order valence-corrected chi connectivity index (χ4v) is 5.20. The Bertz CT molecular complexity index is 1270. The zero-order valence-corrected chi connectivity index (χ0v) is 20.9. The Hall–Kier alpha value is -3.75. The Labute approximate surface area is 210 Å². The fourth-order valence-electron chi connectivity index (χ4n) is 5.20. The maximum Gasteiger partial charge on any atom is 0.337 e. The Morgan fingerprint density at radius 2 is 1.81 bits per heavy atom. The number of halogens is 1. The van der Waals surface area contributed by atoms with Crippen molar-refractivity contribution in [2.75, 3.05) is 40.9 Å². The summed E-state index contributed by atoms with van der Waals surface area (Å²) in [7, 11) is 0. The van der Waals surface area contributed by atoms with Gasteiger partial charge in [-0.3, -0.25) is 0 Å². The van der Waals surface area contributed by atoms with Crippen LogP contribution in [0.15, 0.2) is 42.6 Å². The molecule has 0 saturated carbocycles. The second-order valence-electron chi connectivity index (χ2n) is 9.76. The summed E-state index contributed by atoms with van der Waals surface area (Å²) >= 11 is 0. The molecule has 0 bridgehead atoms. The molecule has 0 spiro atoms. The average Bonchev–Trinajstić information content (AvgIpc) is 3.30. The molecule has 9 heteroatoms. The average molecular weight is 491 g/mol. The molecule has 2 unspecified atom stereocenters. The molecular weight excluding hydrogens is 459 g/mol. The summed E-state index contributed by atoms with van der Waals surface area (Å²) in [5.74, 6) is 1.14. The molecule has 0 radical (unpaired) electrons. The summed E-state index contributed by atoms with van der Waals surface area (Å²) in [5.41, 5.74) is 2.69. The van der Waals surface area contributed by atoms with Crippen LogP contribution < -0.4 is 14.7 Å². The van der Waals surface area contributed by atoms with E-state index >= 15 is 0 Å². The Morgan fingerprint density at radius 3 is 2.44 bits per heavy atom. The smallest absolute Gasteiger partial charge is 0.337 e. The standard InChI is InChI=1S/C27H31FN6O2/c1-17-13-21(26(35)36)15-29-25(17)32-11-12-33(19(3)16-32)24-14-23(20-6-8-22(28)9-7-20)30-27(31-24)34-10-4-5-18(34)2/h6-9,13-15,18-19H,4-5,10-12,16H2,1-3H3,(H,35,36). The summed E-state index contributed by atoms with van der Waals surface area (Å²) in [6.07, 6.45) is 3.65. The van der Waals surface area contributed by atoms with E-state index in [1.165, 1.54) is 18.3 Å². The molecule has 36 heavy (non-hydrogen) atoms. The second kappa shape index (κ2) is 9.72. The van der Waals surface area contributed by atoms with Gasteiger partial charge < -0.3 is 19.8 Å². The van der Waals surface area contributed by atoms with Gasteiger partial charge in [-0.2, -0.15) is 4.98 Å². The number of rotatable bonds is 5. The number of hydrogen-bond donors (Lipinski definition) is 1. The van der Waals surface area contributed by atoms with E-state index in [1.807, 2.05) is 13.0 Å². The van der Waals surface area contributed by atoms with Gasteiger partial charge in [-0.15, -0.1) is 0 Å². The maximum atomic E-state index is 13.6. The third kappa shape index (κ3) is 4.69. The molecule has 2 aromatic heterocycles. The van der Waals surface area contributed by atoms with Crippen molar-refractivity contribution in [3.05, 3.63) is 59.5 Å².